The summed E-state index contributed by atoms with van der Waals surface area (Å²) in [5, 5.41) is 2.79. The van der Waals surface area contributed by atoms with Crippen LogP contribution in [-0.2, 0) is 0 Å². The van der Waals surface area contributed by atoms with Gasteiger partial charge in [-0.3, -0.25) is 4.79 Å². The van der Waals surface area contributed by atoms with Gasteiger partial charge in [0.15, 0.2) is 0 Å². The van der Waals surface area contributed by atoms with Crippen molar-refractivity contribution in [3.8, 4) is 11.8 Å². The van der Waals surface area contributed by atoms with Gasteiger partial charge < -0.3 is 11.1 Å². The molecule has 0 spiro atoms. The van der Waals surface area contributed by atoms with Crippen LogP contribution < -0.4 is 11.1 Å². The third-order valence-corrected chi connectivity index (χ3v) is 2.93. The van der Waals surface area contributed by atoms with E-state index in [0.29, 0.717) is 22.4 Å². The van der Waals surface area contributed by atoms with Gasteiger partial charge in [0, 0.05) is 11.1 Å². The van der Waals surface area contributed by atoms with Crippen LogP contribution in [0.4, 0.5) is 10.1 Å². The number of para-hydroxylation sites is 1. The second-order valence-corrected chi connectivity index (χ2v) is 4.46. The zero-order chi connectivity index (χ0) is 15.2. The first-order valence-corrected chi connectivity index (χ1v) is 6.47. The summed E-state index contributed by atoms with van der Waals surface area (Å²) in [5.74, 6) is 5.00. The Bertz CT molecular complexity index is 729. The number of amides is 1. The minimum absolute atomic E-state index is 0.249. The fourth-order valence-corrected chi connectivity index (χ4v) is 1.92. The number of hydrogen-bond donors (Lipinski definition) is 2. The largest absolute Gasteiger partial charge is 0.321 e. The molecule has 0 atom stereocenters. The van der Waals surface area contributed by atoms with Gasteiger partial charge in [0.2, 0.25) is 0 Å². The maximum Gasteiger partial charge on any atom is 0.255 e. The van der Waals surface area contributed by atoms with E-state index in [4.69, 9.17) is 5.73 Å². The molecule has 0 saturated heterocycles. The first-order valence-electron chi connectivity index (χ1n) is 6.47. The van der Waals surface area contributed by atoms with Crippen LogP contribution in [0.1, 0.15) is 21.5 Å². The summed E-state index contributed by atoms with van der Waals surface area (Å²) in [6.45, 7) is 1.94. The Kier molecular flexibility index (Phi) is 4.70. The highest BCUT2D eigenvalue weighted by Gasteiger charge is 2.11. The highest BCUT2D eigenvalue weighted by atomic mass is 19.1. The lowest BCUT2D eigenvalue weighted by Gasteiger charge is -2.09. The van der Waals surface area contributed by atoms with Crippen molar-refractivity contribution in [1.82, 2.24) is 0 Å². The van der Waals surface area contributed by atoms with Crippen LogP contribution >= 0.6 is 0 Å². The number of hydrogen-bond acceptors (Lipinski definition) is 2. The number of carbonyl (C=O) groups excluding carboxylic acids is 1. The Morgan fingerprint density at radius 3 is 2.76 bits per heavy atom. The molecule has 106 valence electrons. The molecular formula is C17H15FN2O. The van der Waals surface area contributed by atoms with E-state index in [0.717, 1.165) is 0 Å². The summed E-state index contributed by atoms with van der Waals surface area (Å²) in [6.07, 6.45) is 0. The average Bonchev–Trinajstić information content (AvgIpc) is 2.46. The standard InChI is InChI=1S/C17H15FN2O/c1-12-11-14(18)8-9-15(12)17(21)20-16-7-3-2-5-13(16)6-4-10-19/h2-3,5,7-9,11H,10,19H2,1H3,(H,20,21). The van der Waals surface area contributed by atoms with Gasteiger partial charge in [0.25, 0.3) is 5.91 Å². The molecule has 0 saturated carbocycles. The van der Waals surface area contributed by atoms with E-state index in [1.807, 2.05) is 6.07 Å². The van der Waals surface area contributed by atoms with Crippen molar-refractivity contribution in [3.05, 3.63) is 65.0 Å². The number of rotatable bonds is 2. The molecule has 0 heterocycles. The molecule has 2 aromatic rings. The number of carbonyl (C=O) groups is 1. The number of nitrogens with one attached hydrogen (secondary N) is 1. The molecule has 0 aromatic heterocycles. The minimum Gasteiger partial charge on any atom is -0.321 e. The second kappa shape index (κ2) is 6.69. The van der Waals surface area contributed by atoms with Gasteiger partial charge in [-0.2, -0.15) is 0 Å². The van der Waals surface area contributed by atoms with Gasteiger partial charge in [0.1, 0.15) is 5.82 Å². The Hall–Kier alpha value is -2.64. The average molecular weight is 282 g/mol. The molecule has 2 rings (SSSR count). The van der Waals surface area contributed by atoms with Crippen molar-refractivity contribution in [2.45, 2.75) is 6.92 Å². The van der Waals surface area contributed by atoms with E-state index in [9.17, 15) is 9.18 Å². The molecule has 3 nitrogen and oxygen atoms in total. The lowest BCUT2D eigenvalue weighted by atomic mass is 10.1. The normalized spacial score (nSPS) is 9.67. The van der Waals surface area contributed by atoms with Crippen molar-refractivity contribution in [2.75, 3.05) is 11.9 Å². The van der Waals surface area contributed by atoms with Crippen LogP contribution in [0.5, 0.6) is 0 Å². The van der Waals surface area contributed by atoms with Crippen LogP contribution in [0.3, 0.4) is 0 Å². The summed E-state index contributed by atoms with van der Waals surface area (Å²) in [7, 11) is 0. The predicted octanol–water partition coefficient (Wildman–Crippen LogP) is 2.70. The van der Waals surface area contributed by atoms with Crippen LogP contribution in [0.25, 0.3) is 0 Å². The smallest absolute Gasteiger partial charge is 0.255 e. The Balaban J connectivity index is 2.27. The lowest BCUT2D eigenvalue weighted by molar-refractivity contribution is 0.102. The highest BCUT2D eigenvalue weighted by molar-refractivity contribution is 6.05. The molecule has 0 aliphatic rings. The molecular weight excluding hydrogens is 267 g/mol. The summed E-state index contributed by atoms with van der Waals surface area (Å²) >= 11 is 0. The predicted molar refractivity (Wildman–Crippen MR) is 81.5 cm³/mol. The molecule has 0 aliphatic heterocycles. The van der Waals surface area contributed by atoms with E-state index in [1.165, 1.54) is 18.2 Å². The third kappa shape index (κ3) is 3.68. The summed E-state index contributed by atoms with van der Waals surface area (Å²) in [4.78, 5) is 12.3. The topological polar surface area (TPSA) is 55.1 Å². The van der Waals surface area contributed by atoms with Crippen LogP contribution in [0.15, 0.2) is 42.5 Å². The van der Waals surface area contributed by atoms with Gasteiger partial charge in [0.05, 0.1) is 12.2 Å². The number of aryl methyl sites for hydroxylation is 1. The minimum atomic E-state index is -0.363. The first-order chi connectivity index (χ1) is 10.1. The molecule has 3 N–H and O–H groups in total. The Morgan fingerprint density at radius 1 is 1.29 bits per heavy atom. The zero-order valence-electron chi connectivity index (χ0n) is 11.6. The SMILES string of the molecule is Cc1cc(F)ccc1C(=O)Nc1ccccc1C#CCN. The molecule has 0 aliphatic carbocycles. The molecule has 21 heavy (non-hydrogen) atoms. The van der Waals surface area contributed by atoms with Crippen LogP contribution in [-0.4, -0.2) is 12.5 Å². The Morgan fingerprint density at radius 2 is 2.05 bits per heavy atom. The van der Waals surface area contributed by atoms with E-state index in [2.05, 4.69) is 17.2 Å². The molecule has 2 aromatic carbocycles. The quantitative estimate of drug-likeness (QED) is 0.832. The van der Waals surface area contributed by atoms with Gasteiger partial charge in [-0.25, -0.2) is 4.39 Å². The first kappa shape index (κ1) is 14.8. The second-order valence-electron chi connectivity index (χ2n) is 4.46. The van der Waals surface area contributed by atoms with Crippen molar-refractivity contribution in [3.63, 3.8) is 0 Å². The molecule has 0 unspecified atom stereocenters. The molecule has 0 bridgehead atoms. The molecule has 4 heteroatoms. The summed E-state index contributed by atoms with van der Waals surface area (Å²) in [5.41, 5.74) is 7.66. The molecule has 0 fully saturated rings. The zero-order valence-corrected chi connectivity index (χ0v) is 11.6. The van der Waals surface area contributed by atoms with E-state index >= 15 is 0 Å². The van der Waals surface area contributed by atoms with Gasteiger partial charge in [-0.1, -0.05) is 24.0 Å². The number of benzene rings is 2. The van der Waals surface area contributed by atoms with Crippen molar-refractivity contribution in [2.24, 2.45) is 5.73 Å². The number of anilines is 1. The highest BCUT2D eigenvalue weighted by Crippen LogP contribution is 2.17. The number of halogens is 1. The lowest BCUT2D eigenvalue weighted by Crippen LogP contribution is -2.14. The van der Waals surface area contributed by atoms with E-state index < -0.39 is 0 Å². The maximum atomic E-state index is 13.1. The third-order valence-electron chi connectivity index (χ3n) is 2.93. The van der Waals surface area contributed by atoms with Crippen molar-refractivity contribution in [1.29, 1.82) is 0 Å². The monoisotopic (exact) mass is 282 g/mol. The van der Waals surface area contributed by atoms with Crippen molar-refractivity contribution >= 4 is 11.6 Å². The van der Waals surface area contributed by atoms with E-state index in [1.54, 1.807) is 25.1 Å². The fourth-order valence-electron chi connectivity index (χ4n) is 1.92. The van der Waals surface area contributed by atoms with Crippen molar-refractivity contribution < 1.29 is 9.18 Å². The fraction of sp³-hybridized carbons (Fsp3) is 0.118. The Labute approximate surface area is 123 Å². The molecule has 1 amide bonds. The molecule has 0 radical (unpaired) electrons. The van der Waals surface area contributed by atoms with Crippen LogP contribution in [0.2, 0.25) is 0 Å². The van der Waals surface area contributed by atoms with Crippen LogP contribution in [0, 0.1) is 24.6 Å². The number of nitrogens with two attached hydrogens (primary N) is 1. The van der Waals surface area contributed by atoms with Gasteiger partial charge >= 0.3 is 0 Å². The maximum absolute atomic E-state index is 13.1. The van der Waals surface area contributed by atoms with Gasteiger partial charge in [-0.15, -0.1) is 0 Å². The summed E-state index contributed by atoms with van der Waals surface area (Å²) in [6, 6.07) is 11.3. The summed E-state index contributed by atoms with van der Waals surface area (Å²) < 4.78 is 13.1. The van der Waals surface area contributed by atoms with E-state index in [-0.39, 0.29) is 18.3 Å². The van der Waals surface area contributed by atoms with Gasteiger partial charge in [-0.05, 0) is 42.8 Å².